The van der Waals surface area contributed by atoms with Crippen LogP contribution in [0, 0.1) is 5.82 Å². The molecule has 0 aliphatic heterocycles. The van der Waals surface area contributed by atoms with E-state index in [0.29, 0.717) is 6.61 Å². The Labute approximate surface area is 127 Å². The van der Waals surface area contributed by atoms with Crippen LogP contribution in [0.4, 0.5) is 4.39 Å². The Morgan fingerprint density at radius 2 is 1.71 bits per heavy atom. The second-order valence-corrected chi connectivity index (χ2v) is 4.99. The molecule has 5 heteroatoms. The number of methoxy groups -OCH3 is 2. The zero-order valence-electron chi connectivity index (χ0n) is 13.1. The van der Waals surface area contributed by atoms with Crippen molar-refractivity contribution in [1.82, 2.24) is 10.2 Å². The lowest BCUT2D eigenvalue weighted by Gasteiger charge is -2.22. The molecule has 1 rings (SSSR count). The zero-order valence-corrected chi connectivity index (χ0v) is 13.1. The lowest BCUT2D eigenvalue weighted by atomic mass is 10.2. The van der Waals surface area contributed by atoms with Crippen LogP contribution in [0.1, 0.15) is 12.0 Å². The summed E-state index contributed by atoms with van der Waals surface area (Å²) in [7, 11) is 3.42. The van der Waals surface area contributed by atoms with Gasteiger partial charge in [-0.1, -0.05) is 12.1 Å². The van der Waals surface area contributed by atoms with E-state index in [-0.39, 0.29) is 5.82 Å². The first-order chi connectivity index (χ1) is 10.3. The minimum atomic E-state index is -0.190. The van der Waals surface area contributed by atoms with Crippen LogP contribution < -0.4 is 5.32 Å². The summed E-state index contributed by atoms with van der Waals surface area (Å²) >= 11 is 0. The zero-order chi connectivity index (χ0) is 15.3. The Morgan fingerprint density at radius 1 is 1.00 bits per heavy atom. The van der Waals surface area contributed by atoms with Crippen LogP contribution in [0.2, 0.25) is 0 Å². The summed E-state index contributed by atoms with van der Waals surface area (Å²) in [5.41, 5.74) is 1.12. The highest BCUT2D eigenvalue weighted by Gasteiger charge is 2.06. The Balaban J connectivity index is 2.31. The van der Waals surface area contributed by atoms with Crippen LogP contribution in [0.25, 0.3) is 0 Å². The van der Waals surface area contributed by atoms with Crippen LogP contribution >= 0.6 is 0 Å². The van der Waals surface area contributed by atoms with Crippen LogP contribution in [0.3, 0.4) is 0 Å². The van der Waals surface area contributed by atoms with Gasteiger partial charge in [0.1, 0.15) is 5.82 Å². The van der Waals surface area contributed by atoms with Gasteiger partial charge in [-0.25, -0.2) is 4.39 Å². The summed E-state index contributed by atoms with van der Waals surface area (Å²) < 4.78 is 23.1. The van der Waals surface area contributed by atoms with E-state index in [0.717, 1.165) is 51.3 Å². The van der Waals surface area contributed by atoms with Gasteiger partial charge in [-0.15, -0.1) is 0 Å². The molecule has 0 atom stereocenters. The molecule has 0 heterocycles. The molecule has 21 heavy (non-hydrogen) atoms. The second-order valence-electron chi connectivity index (χ2n) is 4.99. The minimum absolute atomic E-state index is 0.190. The SMILES string of the molecule is COCCNCCCN(CCOC)Cc1ccc(F)cc1. The molecule has 0 amide bonds. The second kappa shape index (κ2) is 11.6. The summed E-state index contributed by atoms with van der Waals surface area (Å²) in [5, 5.41) is 3.34. The maximum Gasteiger partial charge on any atom is 0.123 e. The molecule has 0 saturated carbocycles. The van der Waals surface area contributed by atoms with Crippen LogP contribution in [-0.4, -0.2) is 58.5 Å². The number of hydrogen-bond donors (Lipinski definition) is 1. The monoisotopic (exact) mass is 298 g/mol. The Bertz CT molecular complexity index is 360. The highest BCUT2D eigenvalue weighted by molar-refractivity contribution is 5.15. The van der Waals surface area contributed by atoms with Crippen molar-refractivity contribution in [2.75, 3.05) is 53.6 Å². The van der Waals surface area contributed by atoms with Crippen molar-refractivity contribution in [1.29, 1.82) is 0 Å². The highest BCUT2D eigenvalue weighted by atomic mass is 19.1. The molecule has 0 spiro atoms. The van der Waals surface area contributed by atoms with Gasteiger partial charge < -0.3 is 14.8 Å². The first-order valence-electron chi connectivity index (χ1n) is 7.41. The Hall–Kier alpha value is -1.01. The molecule has 0 saturated heterocycles. The fourth-order valence-corrected chi connectivity index (χ4v) is 2.07. The lowest BCUT2D eigenvalue weighted by molar-refractivity contribution is 0.142. The molecule has 1 N–H and O–H groups in total. The summed E-state index contributed by atoms with van der Waals surface area (Å²) in [6, 6.07) is 6.70. The fourth-order valence-electron chi connectivity index (χ4n) is 2.07. The van der Waals surface area contributed by atoms with Crippen LogP contribution in [-0.2, 0) is 16.0 Å². The first-order valence-corrected chi connectivity index (χ1v) is 7.41. The van der Waals surface area contributed by atoms with E-state index in [9.17, 15) is 4.39 Å². The molecule has 4 nitrogen and oxygen atoms in total. The summed E-state index contributed by atoms with van der Waals surface area (Å²) in [6.07, 6.45) is 1.06. The van der Waals surface area contributed by atoms with Gasteiger partial charge >= 0.3 is 0 Å². The normalized spacial score (nSPS) is 11.2. The van der Waals surface area contributed by atoms with Gasteiger partial charge in [0, 0.05) is 33.9 Å². The van der Waals surface area contributed by atoms with Gasteiger partial charge in [0.05, 0.1) is 13.2 Å². The maximum absolute atomic E-state index is 12.9. The molecule has 120 valence electrons. The molecule has 0 bridgehead atoms. The predicted molar refractivity (Wildman–Crippen MR) is 82.9 cm³/mol. The first kappa shape index (κ1) is 18.0. The van der Waals surface area contributed by atoms with Crippen molar-refractivity contribution in [3.8, 4) is 0 Å². The van der Waals surface area contributed by atoms with Crippen molar-refractivity contribution in [3.63, 3.8) is 0 Å². The largest absolute Gasteiger partial charge is 0.383 e. The van der Waals surface area contributed by atoms with E-state index < -0.39 is 0 Å². The van der Waals surface area contributed by atoms with Crippen molar-refractivity contribution < 1.29 is 13.9 Å². The van der Waals surface area contributed by atoms with E-state index in [2.05, 4.69) is 10.2 Å². The summed E-state index contributed by atoms with van der Waals surface area (Å²) in [6.45, 7) is 5.98. The average Bonchev–Trinajstić information content (AvgIpc) is 2.50. The van der Waals surface area contributed by atoms with E-state index in [4.69, 9.17) is 9.47 Å². The van der Waals surface area contributed by atoms with Gasteiger partial charge in [-0.05, 0) is 37.2 Å². The third kappa shape index (κ3) is 8.78. The lowest BCUT2D eigenvalue weighted by Crippen LogP contribution is -2.30. The van der Waals surface area contributed by atoms with E-state index in [1.165, 1.54) is 12.1 Å². The van der Waals surface area contributed by atoms with Crippen molar-refractivity contribution in [3.05, 3.63) is 35.6 Å². The molecule has 1 aromatic rings. The smallest absolute Gasteiger partial charge is 0.123 e. The number of ether oxygens (including phenoxy) is 2. The molecular weight excluding hydrogens is 271 g/mol. The minimum Gasteiger partial charge on any atom is -0.383 e. The third-order valence-electron chi connectivity index (χ3n) is 3.24. The third-order valence-corrected chi connectivity index (χ3v) is 3.24. The molecule has 1 aromatic carbocycles. The van der Waals surface area contributed by atoms with Crippen molar-refractivity contribution in [2.24, 2.45) is 0 Å². The van der Waals surface area contributed by atoms with Crippen LogP contribution in [0.15, 0.2) is 24.3 Å². The highest BCUT2D eigenvalue weighted by Crippen LogP contribution is 2.07. The number of nitrogens with one attached hydrogen (secondary N) is 1. The molecule has 0 aliphatic rings. The van der Waals surface area contributed by atoms with Gasteiger partial charge in [0.25, 0.3) is 0 Å². The summed E-state index contributed by atoms with van der Waals surface area (Å²) in [4.78, 5) is 2.33. The van der Waals surface area contributed by atoms with Gasteiger partial charge in [0.2, 0.25) is 0 Å². The van der Waals surface area contributed by atoms with Gasteiger partial charge in [0.15, 0.2) is 0 Å². The molecule has 0 aliphatic carbocycles. The quantitative estimate of drug-likeness (QED) is 0.598. The van der Waals surface area contributed by atoms with Gasteiger partial charge in [-0.3, -0.25) is 4.90 Å². The topological polar surface area (TPSA) is 33.7 Å². The molecular formula is C16H27FN2O2. The molecule has 0 radical (unpaired) electrons. The summed E-state index contributed by atoms with van der Waals surface area (Å²) in [5.74, 6) is -0.190. The van der Waals surface area contributed by atoms with E-state index in [1.54, 1.807) is 14.2 Å². The number of nitrogens with zero attached hydrogens (tertiary/aromatic N) is 1. The van der Waals surface area contributed by atoms with E-state index >= 15 is 0 Å². The number of benzene rings is 1. The fraction of sp³-hybridized carbons (Fsp3) is 0.625. The maximum atomic E-state index is 12.9. The molecule has 0 fully saturated rings. The van der Waals surface area contributed by atoms with Crippen molar-refractivity contribution in [2.45, 2.75) is 13.0 Å². The standard InChI is InChI=1S/C16H27FN2O2/c1-20-12-9-18-8-3-10-19(11-13-21-2)14-15-4-6-16(17)7-5-15/h4-7,18H,3,8-14H2,1-2H3. The van der Waals surface area contributed by atoms with Gasteiger partial charge in [-0.2, -0.15) is 0 Å². The Kier molecular flexibility index (Phi) is 9.99. The van der Waals surface area contributed by atoms with E-state index in [1.807, 2.05) is 12.1 Å². The molecule has 0 aromatic heterocycles. The predicted octanol–water partition coefficient (Wildman–Crippen LogP) is 1.90. The number of rotatable bonds is 12. The Morgan fingerprint density at radius 3 is 2.38 bits per heavy atom. The molecule has 0 unspecified atom stereocenters. The average molecular weight is 298 g/mol. The van der Waals surface area contributed by atoms with Crippen LogP contribution in [0.5, 0.6) is 0 Å². The van der Waals surface area contributed by atoms with Crippen molar-refractivity contribution >= 4 is 0 Å². The number of halogens is 1. The number of hydrogen-bond acceptors (Lipinski definition) is 4.